The zero-order valence-corrected chi connectivity index (χ0v) is 15.4. The second-order valence-corrected chi connectivity index (χ2v) is 10.2. The van der Waals surface area contributed by atoms with Gasteiger partial charge in [-0.1, -0.05) is 12.1 Å². The minimum absolute atomic E-state index is 0.0845. The molecule has 0 radical (unpaired) electrons. The highest BCUT2D eigenvalue weighted by atomic mass is 32.2. The van der Waals surface area contributed by atoms with E-state index < -0.39 is 42.6 Å². The highest BCUT2D eigenvalue weighted by Gasteiger charge is 2.35. The van der Waals surface area contributed by atoms with Crippen molar-refractivity contribution in [1.82, 2.24) is 9.62 Å². The van der Waals surface area contributed by atoms with Gasteiger partial charge in [-0.05, 0) is 30.5 Å². The number of halogens is 1. The van der Waals surface area contributed by atoms with Crippen LogP contribution in [0.3, 0.4) is 0 Å². The predicted octanol–water partition coefficient (Wildman–Crippen LogP) is 0.281. The zero-order valence-electron chi connectivity index (χ0n) is 13.8. The minimum atomic E-state index is -3.61. The average molecular weight is 392 g/mol. The van der Waals surface area contributed by atoms with Crippen LogP contribution in [0, 0.1) is 5.82 Å². The summed E-state index contributed by atoms with van der Waals surface area (Å²) < 4.78 is 63.4. The molecule has 140 valence electrons. The van der Waals surface area contributed by atoms with Crippen molar-refractivity contribution in [2.75, 3.05) is 25.9 Å². The third kappa shape index (κ3) is 5.23. The van der Waals surface area contributed by atoms with Crippen molar-refractivity contribution >= 4 is 25.8 Å². The lowest BCUT2D eigenvalue weighted by molar-refractivity contribution is -0.118. The molecule has 0 aromatic heterocycles. The number of amides is 1. The zero-order chi connectivity index (χ0) is 18.7. The van der Waals surface area contributed by atoms with E-state index in [9.17, 15) is 26.0 Å². The van der Waals surface area contributed by atoms with Crippen molar-refractivity contribution in [2.45, 2.75) is 23.8 Å². The first-order chi connectivity index (χ1) is 11.6. The van der Waals surface area contributed by atoms with Gasteiger partial charge in [0.05, 0.1) is 11.0 Å². The third-order valence-electron chi connectivity index (χ3n) is 4.18. The maximum Gasteiger partial charge on any atom is 0.234 e. The number of hydrogen-bond donors (Lipinski definition) is 1. The van der Waals surface area contributed by atoms with Gasteiger partial charge >= 0.3 is 0 Å². The molecule has 2 rings (SSSR count). The highest BCUT2D eigenvalue weighted by molar-refractivity contribution is 7.92. The number of nitrogens with one attached hydrogen (secondary N) is 1. The SMILES string of the molecule is CNC(=O)CS(=O)(=O)C1CCN(S(=O)(=O)Cc2ccc(F)cc2)CC1. The van der Waals surface area contributed by atoms with Gasteiger partial charge in [-0.15, -0.1) is 0 Å². The number of sulfone groups is 1. The van der Waals surface area contributed by atoms with Gasteiger partial charge in [0.15, 0.2) is 9.84 Å². The van der Waals surface area contributed by atoms with E-state index in [0.29, 0.717) is 5.56 Å². The molecule has 0 bridgehead atoms. The molecule has 25 heavy (non-hydrogen) atoms. The number of nitrogens with zero attached hydrogens (tertiary/aromatic N) is 1. The monoisotopic (exact) mass is 392 g/mol. The largest absolute Gasteiger partial charge is 0.358 e. The fourth-order valence-electron chi connectivity index (χ4n) is 2.72. The Kier molecular flexibility index (Phi) is 6.17. The van der Waals surface area contributed by atoms with E-state index in [0.717, 1.165) is 0 Å². The highest BCUT2D eigenvalue weighted by Crippen LogP contribution is 2.22. The van der Waals surface area contributed by atoms with Crippen LogP contribution in [-0.2, 0) is 30.4 Å². The van der Waals surface area contributed by atoms with Crippen molar-refractivity contribution in [2.24, 2.45) is 0 Å². The normalized spacial score (nSPS) is 17.4. The Morgan fingerprint density at radius 1 is 1.16 bits per heavy atom. The Morgan fingerprint density at radius 3 is 2.24 bits per heavy atom. The molecule has 1 aromatic rings. The van der Waals surface area contributed by atoms with Gasteiger partial charge in [0.25, 0.3) is 0 Å². The molecule has 1 heterocycles. The van der Waals surface area contributed by atoms with Gasteiger partial charge in [0.1, 0.15) is 11.6 Å². The number of carbonyl (C=O) groups is 1. The second kappa shape index (κ2) is 7.79. The van der Waals surface area contributed by atoms with Crippen molar-refractivity contribution in [3.63, 3.8) is 0 Å². The van der Waals surface area contributed by atoms with Crippen LogP contribution in [0.4, 0.5) is 4.39 Å². The quantitative estimate of drug-likeness (QED) is 0.750. The van der Waals surface area contributed by atoms with Crippen LogP contribution in [-0.4, -0.2) is 58.2 Å². The summed E-state index contributed by atoms with van der Waals surface area (Å²) in [4.78, 5) is 11.3. The Labute approximate surface area is 147 Å². The van der Waals surface area contributed by atoms with Crippen molar-refractivity contribution in [1.29, 1.82) is 0 Å². The molecule has 1 amide bonds. The lowest BCUT2D eigenvalue weighted by Gasteiger charge is -2.30. The van der Waals surface area contributed by atoms with Crippen LogP contribution in [0.2, 0.25) is 0 Å². The van der Waals surface area contributed by atoms with Gasteiger partial charge in [-0.25, -0.2) is 25.5 Å². The molecule has 1 N–H and O–H groups in total. The van der Waals surface area contributed by atoms with Crippen molar-refractivity contribution in [3.8, 4) is 0 Å². The maximum absolute atomic E-state index is 12.9. The fourth-order valence-corrected chi connectivity index (χ4v) is 5.96. The summed E-state index contributed by atoms with van der Waals surface area (Å²) in [5, 5.41) is 1.55. The summed E-state index contributed by atoms with van der Waals surface area (Å²) in [6, 6.07) is 5.21. The molecule has 0 atom stereocenters. The Morgan fingerprint density at radius 2 is 1.72 bits per heavy atom. The fraction of sp³-hybridized carbons (Fsp3) is 0.533. The van der Waals surface area contributed by atoms with Gasteiger partial charge < -0.3 is 5.32 Å². The molecule has 0 aliphatic carbocycles. The van der Waals surface area contributed by atoms with Crippen LogP contribution in [0.5, 0.6) is 0 Å². The number of rotatable bonds is 6. The molecule has 1 fully saturated rings. The number of carbonyl (C=O) groups excluding carboxylic acids is 1. The lowest BCUT2D eigenvalue weighted by atomic mass is 10.2. The predicted molar refractivity (Wildman–Crippen MR) is 91.5 cm³/mol. The number of piperidine rings is 1. The number of sulfonamides is 1. The van der Waals surface area contributed by atoms with Crippen LogP contribution in [0.1, 0.15) is 18.4 Å². The molecular formula is C15H21FN2O5S2. The second-order valence-electron chi connectivity index (χ2n) is 5.96. The van der Waals surface area contributed by atoms with Crippen molar-refractivity contribution in [3.05, 3.63) is 35.6 Å². The molecule has 0 spiro atoms. The lowest BCUT2D eigenvalue weighted by Crippen LogP contribution is -2.44. The third-order valence-corrected chi connectivity index (χ3v) is 8.18. The van der Waals surface area contributed by atoms with E-state index in [1.165, 1.54) is 35.6 Å². The Balaban J connectivity index is 1.98. The topological polar surface area (TPSA) is 101 Å². The molecule has 0 unspecified atom stereocenters. The number of benzene rings is 1. The smallest absolute Gasteiger partial charge is 0.234 e. The molecule has 1 aliphatic heterocycles. The Bertz CT molecular complexity index is 814. The van der Waals surface area contributed by atoms with E-state index in [4.69, 9.17) is 0 Å². The summed E-state index contributed by atoms with van der Waals surface area (Å²) in [5.41, 5.74) is 0.468. The summed E-state index contributed by atoms with van der Waals surface area (Å²) in [6.07, 6.45) is 0.309. The standard InChI is InChI=1S/C15H21FN2O5S2/c1-17-15(19)11-24(20,21)14-6-8-18(9-7-14)25(22,23)10-12-2-4-13(16)5-3-12/h2-5,14H,6-11H2,1H3,(H,17,19). The van der Waals surface area contributed by atoms with E-state index in [-0.39, 0.29) is 31.7 Å². The molecule has 1 aliphatic rings. The number of hydrogen-bond acceptors (Lipinski definition) is 5. The molecule has 1 saturated heterocycles. The van der Waals surface area contributed by atoms with E-state index in [1.54, 1.807) is 0 Å². The van der Waals surface area contributed by atoms with Gasteiger partial charge in [0, 0.05) is 20.1 Å². The van der Waals surface area contributed by atoms with E-state index >= 15 is 0 Å². The van der Waals surface area contributed by atoms with E-state index in [1.807, 2.05) is 0 Å². The first-order valence-electron chi connectivity index (χ1n) is 7.78. The van der Waals surface area contributed by atoms with Gasteiger partial charge in [-0.3, -0.25) is 4.79 Å². The molecular weight excluding hydrogens is 371 g/mol. The maximum atomic E-state index is 12.9. The van der Waals surface area contributed by atoms with Crippen LogP contribution in [0.15, 0.2) is 24.3 Å². The minimum Gasteiger partial charge on any atom is -0.358 e. The molecule has 10 heteroatoms. The van der Waals surface area contributed by atoms with Gasteiger partial charge in [0.2, 0.25) is 15.9 Å². The first-order valence-corrected chi connectivity index (χ1v) is 11.1. The summed E-state index contributed by atoms with van der Waals surface area (Å²) in [6.45, 7) is 0.169. The summed E-state index contributed by atoms with van der Waals surface area (Å²) >= 11 is 0. The van der Waals surface area contributed by atoms with E-state index in [2.05, 4.69) is 5.32 Å². The van der Waals surface area contributed by atoms with Crippen LogP contribution in [0.25, 0.3) is 0 Å². The molecule has 1 aromatic carbocycles. The Hall–Kier alpha value is -1.52. The van der Waals surface area contributed by atoms with Crippen molar-refractivity contribution < 1.29 is 26.0 Å². The first kappa shape index (κ1) is 19.8. The summed E-state index contributed by atoms with van der Waals surface area (Å²) in [5.74, 6) is -1.87. The summed E-state index contributed by atoms with van der Waals surface area (Å²) in [7, 11) is -5.85. The van der Waals surface area contributed by atoms with Crippen LogP contribution < -0.4 is 5.32 Å². The average Bonchev–Trinajstić information content (AvgIpc) is 2.56. The molecule has 7 nitrogen and oxygen atoms in total. The van der Waals surface area contributed by atoms with Gasteiger partial charge in [-0.2, -0.15) is 0 Å². The van der Waals surface area contributed by atoms with Crippen LogP contribution >= 0.6 is 0 Å². The molecule has 0 saturated carbocycles.